The molecule has 1 aliphatic rings. The highest BCUT2D eigenvalue weighted by Crippen LogP contribution is 2.29. The molecule has 1 saturated heterocycles. The largest absolute Gasteiger partial charge is 0.340 e. The number of rotatable bonds is 4. The molecule has 1 N–H and O–H groups in total. The zero-order chi connectivity index (χ0) is 14.8. The van der Waals surface area contributed by atoms with Gasteiger partial charge in [0.1, 0.15) is 0 Å². The number of carbonyl (C=O) groups excluding carboxylic acids is 1. The van der Waals surface area contributed by atoms with Crippen molar-refractivity contribution in [2.45, 2.75) is 12.5 Å². The lowest BCUT2D eigenvalue weighted by Gasteiger charge is -2.23. The zero-order valence-corrected chi connectivity index (χ0v) is 15.5. The molecule has 6 nitrogen and oxygen atoms in total. The van der Waals surface area contributed by atoms with E-state index in [1.54, 1.807) is 26.4 Å². The van der Waals surface area contributed by atoms with E-state index in [2.05, 4.69) is 15.4 Å². The Morgan fingerprint density at radius 1 is 1.48 bits per heavy atom. The molecule has 0 radical (unpaired) electrons. The predicted molar refractivity (Wildman–Crippen MR) is 95.4 cm³/mol. The second-order valence-electron chi connectivity index (χ2n) is 5.49. The van der Waals surface area contributed by atoms with E-state index in [9.17, 15) is 4.79 Å². The van der Waals surface area contributed by atoms with Crippen LogP contribution in [0.2, 0.25) is 0 Å². The third-order valence-corrected chi connectivity index (χ3v) is 4.58. The van der Waals surface area contributed by atoms with Gasteiger partial charge < -0.3 is 10.2 Å². The van der Waals surface area contributed by atoms with Crippen molar-refractivity contribution >= 4 is 42.1 Å². The van der Waals surface area contributed by atoms with E-state index in [-0.39, 0.29) is 42.6 Å². The van der Waals surface area contributed by atoms with Crippen molar-refractivity contribution in [3.05, 3.63) is 34.5 Å². The van der Waals surface area contributed by atoms with E-state index in [4.69, 9.17) is 0 Å². The van der Waals surface area contributed by atoms with Gasteiger partial charge >= 0.3 is 0 Å². The van der Waals surface area contributed by atoms with Gasteiger partial charge in [-0.05, 0) is 5.56 Å². The van der Waals surface area contributed by atoms with E-state index < -0.39 is 0 Å². The van der Waals surface area contributed by atoms with Gasteiger partial charge in [-0.2, -0.15) is 5.10 Å². The summed E-state index contributed by atoms with van der Waals surface area (Å²) in [4.78, 5) is 18.7. The Morgan fingerprint density at radius 3 is 2.87 bits per heavy atom. The van der Waals surface area contributed by atoms with Crippen molar-refractivity contribution in [1.29, 1.82) is 0 Å². The fourth-order valence-electron chi connectivity index (χ4n) is 2.84. The molecule has 1 aliphatic heterocycles. The minimum atomic E-state index is -0.0298. The number of carbonyl (C=O) groups is 1. The highest BCUT2D eigenvalue weighted by atomic mass is 35.5. The van der Waals surface area contributed by atoms with Crippen molar-refractivity contribution in [2.24, 2.45) is 13.0 Å². The number of halogens is 2. The molecule has 0 aliphatic carbocycles. The summed E-state index contributed by atoms with van der Waals surface area (Å²) in [5.41, 5.74) is 3.87. The van der Waals surface area contributed by atoms with Gasteiger partial charge in [0.25, 0.3) is 0 Å². The zero-order valence-electron chi connectivity index (χ0n) is 13.0. The molecule has 0 unspecified atom stereocenters. The smallest absolute Gasteiger partial charge is 0.227 e. The molecule has 0 spiro atoms. The molecular formula is C14H21Cl2N5OS. The summed E-state index contributed by atoms with van der Waals surface area (Å²) >= 11 is 1.55. The fraction of sp³-hybridized carbons (Fsp3) is 0.500. The lowest BCUT2D eigenvalue weighted by Crippen LogP contribution is -2.35. The normalized spacial score (nSPS) is 19.7. The molecule has 1 fully saturated rings. The predicted octanol–water partition coefficient (Wildman–Crippen LogP) is 1.68. The maximum atomic E-state index is 12.7. The van der Waals surface area contributed by atoms with Crippen molar-refractivity contribution in [1.82, 2.24) is 25.0 Å². The van der Waals surface area contributed by atoms with Crippen LogP contribution in [0.15, 0.2) is 23.3 Å². The molecular weight excluding hydrogens is 357 g/mol. The quantitative estimate of drug-likeness (QED) is 0.880. The minimum absolute atomic E-state index is 0. The van der Waals surface area contributed by atoms with Gasteiger partial charge in [0.15, 0.2) is 0 Å². The van der Waals surface area contributed by atoms with Gasteiger partial charge in [-0.1, -0.05) is 0 Å². The Labute approximate surface area is 152 Å². The number of hydrogen-bond acceptors (Lipinski definition) is 5. The van der Waals surface area contributed by atoms with Crippen LogP contribution in [0.5, 0.6) is 0 Å². The number of hydrogen-bond donors (Lipinski definition) is 1. The molecule has 0 aromatic carbocycles. The van der Waals surface area contributed by atoms with Crippen molar-refractivity contribution < 1.29 is 4.79 Å². The molecule has 0 saturated carbocycles. The van der Waals surface area contributed by atoms with Crippen LogP contribution in [0.25, 0.3) is 0 Å². The van der Waals surface area contributed by atoms with Crippen LogP contribution < -0.4 is 5.32 Å². The number of amides is 1. The summed E-state index contributed by atoms with van der Waals surface area (Å²) in [5.74, 6) is 0.337. The van der Waals surface area contributed by atoms with Crippen LogP contribution in [-0.2, 0) is 18.4 Å². The molecule has 3 rings (SSSR count). The summed E-state index contributed by atoms with van der Waals surface area (Å²) < 4.78 is 1.79. The van der Waals surface area contributed by atoms with E-state index in [1.165, 1.54) is 0 Å². The molecule has 0 bridgehead atoms. The van der Waals surface area contributed by atoms with Gasteiger partial charge in [-0.15, -0.1) is 36.2 Å². The standard InChI is InChI=1S/C14H19N5OS.2ClH/c1-18(7-11-8-21-9-16-11)14(20)13-5-15-4-12(13)10-3-17-19(2)6-10;;/h3,6,8-9,12-13,15H,4-5,7H2,1-2H3;2*1H/t12-,13+;;/m1../s1. The van der Waals surface area contributed by atoms with Crippen LogP contribution in [-0.4, -0.2) is 45.7 Å². The van der Waals surface area contributed by atoms with Crippen LogP contribution in [0.1, 0.15) is 17.2 Å². The van der Waals surface area contributed by atoms with Crippen LogP contribution >= 0.6 is 36.2 Å². The average molecular weight is 378 g/mol. The van der Waals surface area contributed by atoms with Gasteiger partial charge in [0.05, 0.1) is 29.9 Å². The van der Waals surface area contributed by atoms with Crippen LogP contribution in [0.4, 0.5) is 0 Å². The van der Waals surface area contributed by atoms with Gasteiger partial charge in [0.2, 0.25) is 5.91 Å². The second-order valence-corrected chi connectivity index (χ2v) is 6.21. The Balaban J connectivity index is 0.00000132. The van der Waals surface area contributed by atoms with E-state index >= 15 is 0 Å². The lowest BCUT2D eigenvalue weighted by molar-refractivity contribution is -0.134. The molecule has 128 valence electrons. The monoisotopic (exact) mass is 377 g/mol. The fourth-order valence-corrected chi connectivity index (χ4v) is 3.39. The summed E-state index contributed by atoms with van der Waals surface area (Å²) in [6, 6.07) is 0. The summed E-state index contributed by atoms with van der Waals surface area (Å²) in [6.07, 6.45) is 3.86. The molecule has 2 atom stereocenters. The maximum absolute atomic E-state index is 12.7. The SMILES string of the molecule is CN(Cc1cscn1)C(=O)[C@H]1CNC[C@@H]1c1cnn(C)c1.Cl.Cl. The number of thiazole rings is 1. The Morgan fingerprint density at radius 2 is 2.26 bits per heavy atom. The minimum Gasteiger partial charge on any atom is -0.340 e. The highest BCUT2D eigenvalue weighted by molar-refractivity contribution is 7.07. The van der Waals surface area contributed by atoms with Gasteiger partial charge in [-0.25, -0.2) is 4.98 Å². The molecule has 9 heteroatoms. The summed E-state index contributed by atoms with van der Waals surface area (Å²) in [6.45, 7) is 2.12. The Bertz CT molecular complexity index is 618. The average Bonchev–Trinajstić information content (AvgIpc) is 3.17. The first-order valence-corrected chi connectivity index (χ1v) is 7.90. The molecule has 1 amide bonds. The molecule has 23 heavy (non-hydrogen) atoms. The van der Waals surface area contributed by atoms with E-state index in [0.29, 0.717) is 6.54 Å². The van der Waals surface area contributed by atoms with E-state index in [0.717, 1.165) is 24.3 Å². The van der Waals surface area contributed by atoms with Gasteiger partial charge in [0, 0.05) is 44.7 Å². The van der Waals surface area contributed by atoms with Crippen molar-refractivity contribution in [3.63, 3.8) is 0 Å². The maximum Gasteiger partial charge on any atom is 0.227 e. The van der Waals surface area contributed by atoms with Crippen molar-refractivity contribution in [3.8, 4) is 0 Å². The third kappa shape index (κ3) is 4.44. The van der Waals surface area contributed by atoms with Gasteiger partial charge in [-0.3, -0.25) is 9.48 Å². The lowest BCUT2D eigenvalue weighted by atomic mass is 9.90. The molecule has 2 aromatic heterocycles. The Hall–Kier alpha value is -1.15. The van der Waals surface area contributed by atoms with Crippen molar-refractivity contribution in [2.75, 3.05) is 20.1 Å². The number of nitrogens with one attached hydrogen (secondary N) is 1. The van der Waals surface area contributed by atoms with E-state index in [1.807, 2.05) is 31.9 Å². The molecule has 2 aromatic rings. The summed E-state index contributed by atoms with van der Waals surface area (Å²) in [7, 11) is 3.75. The number of nitrogens with zero attached hydrogens (tertiary/aromatic N) is 4. The van der Waals surface area contributed by atoms with Crippen LogP contribution in [0.3, 0.4) is 0 Å². The second kappa shape index (κ2) is 8.63. The Kier molecular flexibility index (Phi) is 7.47. The molecule has 3 heterocycles. The third-order valence-electron chi connectivity index (χ3n) is 3.94. The highest BCUT2D eigenvalue weighted by Gasteiger charge is 2.36. The first-order valence-electron chi connectivity index (χ1n) is 6.96. The number of aromatic nitrogens is 3. The first kappa shape index (κ1) is 19.9. The topological polar surface area (TPSA) is 63.1 Å². The van der Waals surface area contributed by atoms with Crippen LogP contribution in [0, 0.1) is 5.92 Å². The number of aryl methyl sites for hydroxylation is 1. The summed E-state index contributed by atoms with van der Waals surface area (Å²) in [5, 5.41) is 9.52. The first-order chi connectivity index (χ1) is 10.1.